The van der Waals surface area contributed by atoms with Gasteiger partial charge in [-0.25, -0.2) is 0 Å². The molecular weight excluding hydrogens is 432 g/mol. The Balaban J connectivity index is 2.69. The van der Waals surface area contributed by atoms with Crippen LogP contribution in [0.4, 0.5) is 13.2 Å². The number of aromatic nitrogens is 2. The second kappa shape index (κ2) is 6.19. The van der Waals surface area contributed by atoms with Crippen molar-refractivity contribution in [3.8, 4) is 0 Å². The molecule has 1 heterocycles. The molecule has 0 atom stereocenters. The molecule has 0 amide bonds. The van der Waals surface area contributed by atoms with Gasteiger partial charge in [0.2, 0.25) is 0 Å². The van der Waals surface area contributed by atoms with Crippen molar-refractivity contribution in [1.82, 2.24) is 9.78 Å². The van der Waals surface area contributed by atoms with Crippen molar-refractivity contribution < 1.29 is 21.6 Å². The molecule has 0 saturated heterocycles. The Hall–Kier alpha value is -1.10. The molecule has 0 radical (unpaired) electrons. The van der Waals surface area contributed by atoms with Crippen LogP contribution in [0.5, 0.6) is 0 Å². The van der Waals surface area contributed by atoms with Gasteiger partial charge in [-0.05, 0) is 0 Å². The summed E-state index contributed by atoms with van der Waals surface area (Å²) in [6.07, 6.45) is 1.43. The maximum absolute atomic E-state index is 13.1. The van der Waals surface area contributed by atoms with Crippen LogP contribution < -0.4 is 0 Å². The van der Waals surface area contributed by atoms with Gasteiger partial charge in [0.15, 0.2) is 0 Å². The Morgan fingerprint density at radius 2 is 1.82 bits per heavy atom. The number of hydrogen-bond acceptors (Lipinski definition) is 3. The van der Waals surface area contributed by atoms with E-state index in [2.05, 4.69) is 5.10 Å². The van der Waals surface area contributed by atoms with Crippen molar-refractivity contribution in [3.63, 3.8) is 0 Å². The second-order valence-corrected chi connectivity index (χ2v) is 15.1. The van der Waals surface area contributed by atoms with Gasteiger partial charge in [-0.1, -0.05) is 0 Å². The molecule has 0 aliphatic carbocycles. The Bertz CT molecular complexity index is 757. The Morgan fingerprint density at radius 1 is 1.23 bits per heavy atom. The summed E-state index contributed by atoms with van der Waals surface area (Å²) >= 11 is -3.78. The van der Waals surface area contributed by atoms with Crippen LogP contribution in [0.25, 0.3) is 0 Å². The number of alkyl halides is 3. The van der Waals surface area contributed by atoms with E-state index in [0.717, 1.165) is 0 Å². The first-order valence-electron chi connectivity index (χ1n) is 6.29. The molecule has 0 saturated carbocycles. The van der Waals surface area contributed by atoms with E-state index in [1.807, 2.05) is 0 Å². The third-order valence-electron chi connectivity index (χ3n) is 2.81. The van der Waals surface area contributed by atoms with E-state index >= 15 is 0 Å². The maximum atomic E-state index is 13.1. The van der Waals surface area contributed by atoms with Crippen molar-refractivity contribution in [1.29, 1.82) is 0 Å². The average Bonchev–Trinajstić information content (AvgIpc) is 2.80. The molecule has 22 heavy (non-hydrogen) atoms. The first kappa shape index (κ1) is 17.3. The number of halogens is 4. The second-order valence-electron chi connectivity index (χ2n) is 4.35. The number of benzene rings is 1. The summed E-state index contributed by atoms with van der Waals surface area (Å²) in [6, 6.07) is 7.62. The fourth-order valence-corrected chi connectivity index (χ4v) is 12.6. The zero-order chi connectivity index (χ0) is 16.5. The molecule has 0 fully saturated rings. The zero-order valence-corrected chi connectivity index (χ0v) is 14.8. The molecule has 1 aromatic heterocycles. The van der Waals surface area contributed by atoms with Gasteiger partial charge in [0.25, 0.3) is 0 Å². The third kappa shape index (κ3) is 3.14. The van der Waals surface area contributed by atoms with Gasteiger partial charge >= 0.3 is 132 Å². The Morgan fingerprint density at radius 3 is 2.27 bits per heavy atom. The van der Waals surface area contributed by atoms with Crippen molar-refractivity contribution in [2.45, 2.75) is 25.9 Å². The van der Waals surface area contributed by atoms with Crippen LogP contribution in [0.3, 0.4) is 0 Å². The molecule has 0 bridgehead atoms. The van der Waals surface area contributed by atoms with Crippen molar-refractivity contribution >= 4 is 25.4 Å². The van der Waals surface area contributed by atoms with Gasteiger partial charge in [0, 0.05) is 0 Å². The van der Waals surface area contributed by atoms with Crippen molar-refractivity contribution in [2.75, 3.05) is 0 Å². The van der Waals surface area contributed by atoms with Crippen LogP contribution in [-0.4, -0.2) is 23.7 Å². The van der Waals surface area contributed by atoms with Crippen LogP contribution in [0.15, 0.2) is 36.5 Å². The SMILES string of the molecule is CCn1cc(I(c2ccccc2)S(=O)(=O)C(F)(F)F)c(C)n1. The third-order valence-corrected chi connectivity index (χ3v) is 15.0. The molecule has 0 N–H and O–H groups in total. The minimum absolute atomic E-state index is 0.203. The Kier molecular flexibility index (Phi) is 4.85. The molecular formula is C13H14F3IN2O2S. The monoisotopic (exact) mass is 446 g/mol. The first-order chi connectivity index (χ1) is 10.2. The van der Waals surface area contributed by atoms with Crippen LogP contribution in [-0.2, 0) is 13.6 Å². The van der Waals surface area contributed by atoms with Gasteiger partial charge < -0.3 is 0 Å². The normalized spacial score (nSPS) is 13.2. The summed E-state index contributed by atoms with van der Waals surface area (Å²) in [4.78, 5) is 0. The summed E-state index contributed by atoms with van der Waals surface area (Å²) in [7, 11) is -5.26. The van der Waals surface area contributed by atoms with Crippen LogP contribution >= 0.6 is 18.4 Å². The zero-order valence-electron chi connectivity index (χ0n) is 11.8. The molecule has 1 aromatic carbocycles. The summed E-state index contributed by atoms with van der Waals surface area (Å²) in [5.74, 6) is 0. The van der Waals surface area contributed by atoms with E-state index in [9.17, 15) is 21.6 Å². The van der Waals surface area contributed by atoms with E-state index in [1.165, 1.54) is 23.0 Å². The molecule has 0 aliphatic heterocycles. The van der Waals surface area contributed by atoms with Crippen LogP contribution in [0.2, 0.25) is 0 Å². The van der Waals surface area contributed by atoms with Crippen LogP contribution in [0, 0.1) is 14.1 Å². The number of nitrogens with zero attached hydrogens (tertiary/aromatic N) is 2. The Labute approximate surface area is 132 Å². The van der Waals surface area contributed by atoms with E-state index < -0.39 is 31.0 Å². The van der Waals surface area contributed by atoms with E-state index in [-0.39, 0.29) is 7.14 Å². The molecule has 2 rings (SSSR count). The van der Waals surface area contributed by atoms with Gasteiger partial charge in [0.05, 0.1) is 0 Å². The summed E-state index contributed by atoms with van der Waals surface area (Å²) < 4.78 is 65.4. The summed E-state index contributed by atoms with van der Waals surface area (Å²) in [5, 5.41) is 4.10. The van der Waals surface area contributed by atoms with Gasteiger partial charge in [-0.3, -0.25) is 0 Å². The van der Waals surface area contributed by atoms with Crippen molar-refractivity contribution in [2.24, 2.45) is 0 Å². The van der Waals surface area contributed by atoms with Gasteiger partial charge in [-0.15, -0.1) is 0 Å². The number of aryl methyl sites for hydroxylation is 2. The summed E-state index contributed by atoms with van der Waals surface area (Å²) in [6.45, 7) is 3.79. The fraction of sp³-hybridized carbons (Fsp3) is 0.308. The quantitative estimate of drug-likeness (QED) is 0.533. The molecule has 4 nitrogen and oxygen atoms in total. The standard InChI is InChI=1S/C13H14F3IN2O2S/c1-3-19-9-12(10(2)18-19)17(11-7-5-4-6-8-11)22(20,21)13(14,15)16/h4-9H,3H2,1-2H3. The van der Waals surface area contributed by atoms with E-state index in [4.69, 9.17) is 0 Å². The topological polar surface area (TPSA) is 52.0 Å². The first-order valence-corrected chi connectivity index (χ1v) is 12.5. The summed E-state index contributed by atoms with van der Waals surface area (Å²) in [5.41, 5.74) is -4.93. The van der Waals surface area contributed by atoms with E-state index in [1.54, 1.807) is 32.0 Å². The number of hydrogen-bond donors (Lipinski definition) is 0. The van der Waals surface area contributed by atoms with Gasteiger partial charge in [0.1, 0.15) is 0 Å². The van der Waals surface area contributed by atoms with Crippen molar-refractivity contribution in [3.05, 3.63) is 49.4 Å². The predicted molar refractivity (Wildman–Crippen MR) is 85.5 cm³/mol. The molecule has 0 spiro atoms. The molecule has 0 unspecified atom stereocenters. The molecule has 2 aromatic rings. The molecule has 9 heteroatoms. The van der Waals surface area contributed by atoms with Gasteiger partial charge in [-0.2, -0.15) is 0 Å². The predicted octanol–water partition coefficient (Wildman–Crippen LogP) is 3.61. The molecule has 0 aliphatic rings. The fourth-order valence-electron chi connectivity index (χ4n) is 1.78. The van der Waals surface area contributed by atoms with Crippen LogP contribution in [0.1, 0.15) is 12.6 Å². The molecule has 122 valence electrons. The average molecular weight is 446 g/mol. The van der Waals surface area contributed by atoms with E-state index in [0.29, 0.717) is 12.2 Å². The minimum atomic E-state index is -5.27. The number of rotatable bonds is 4.